The second-order valence-corrected chi connectivity index (χ2v) is 5.56. The minimum atomic E-state index is 0.142. The number of aliphatic hydroxyl groups excluding tert-OH is 1. The predicted octanol–water partition coefficient (Wildman–Crippen LogP) is 2.41. The van der Waals surface area contributed by atoms with Crippen LogP contribution in [-0.2, 0) is 4.79 Å². The van der Waals surface area contributed by atoms with Crippen LogP contribution in [0, 0.1) is 5.92 Å². The van der Waals surface area contributed by atoms with E-state index in [1.165, 1.54) is 5.56 Å². The van der Waals surface area contributed by atoms with Crippen molar-refractivity contribution in [3.63, 3.8) is 0 Å². The first-order chi connectivity index (χ1) is 9.15. The maximum absolute atomic E-state index is 12.5. The molecule has 19 heavy (non-hydrogen) atoms. The molecule has 1 saturated carbocycles. The Morgan fingerprint density at radius 1 is 1.37 bits per heavy atom. The molecular formula is C16H23NO2. The van der Waals surface area contributed by atoms with E-state index in [-0.39, 0.29) is 24.5 Å². The van der Waals surface area contributed by atoms with Gasteiger partial charge in [0.1, 0.15) is 0 Å². The molecule has 2 rings (SSSR count). The van der Waals surface area contributed by atoms with Gasteiger partial charge < -0.3 is 10.0 Å². The lowest BCUT2D eigenvalue weighted by Gasteiger charge is -2.27. The Hall–Kier alpha value is -1.35. The van der Waals surface area contributed by atoms with E-state index in [0.717, 1.165) is 6.42 Å². The van der Waals surface area contributed by atoms with Crippen molar-refractivity contribution >= 4 is 5.91 Å². The van der Waals surface area contributed by atoms with Crippen LogP contribution in [0.2, 0.25) is 0 Å². The molecule has 2 atom stereocenters. The molecular weight excluding hydrogens is 238 g/mol. The molecule has 0 aromatic heterocycles. The monoisotopic (exact) mass is 261 g/mol. The smallest absolute Gasteiger partial charge is 0.226 e. The Kier molecular flexibility index (Phi) is 4.59. The molecule has 0 heterocycles. The SMILES string of the molecule is CC(C)N(CCCO)C(=O)C1CC1c1ccccc1. The van der Waals surface area contributed by atoms with Gasteiger partial charge in [0, 0.05) is 25.1 Å². The normalized spacial score (nSPS) is 21.5. The predicted molar refractivity (Wildman–Crippen MR) is 75.8 cm³/mol. The number of carbonyl (C=O) groups excluding carboxylic acids is 1. The minimum Gasteiger partial charge on any atom is -0.396 e. The van der Waals surface area contributed by atoms with Gasteiger partial charge >= 0.3 is 0 Å². The summed E-state index contributed by atoms with van der Waals surface area (Å²) in [6.07, 6.45) is 1.62. The standard InChI is InChI=1S/C16H23NO2/c1-12(2)17(9-6-10-18)16(19)15-11-14(15)13-7-4-3-5-8-13/h3-5,7-8,12,14-15,18H,6,9-11H2,1-2H3. The van der Waals surface area contributed by atoms with Crippen LogP contribution in [0.1, 0.15) is 38.2 Å². The molecule has 1 aromatic carbocycles. The number of aliphatic hydroxyl groups is 1. The molecule has 1 fully saturated rings. The zero-order valence-electron chi connectivity index (χ0n) is 11.7. The molecule has 0 bridgehead atoms. The van der Waals surface area contributed by atoms with Gasteiger partial charge in [-0.25, -0.2) is 0 Å². The van der Waals surface area contributed by atoms with Crippen LogP contribution in [0.15, 0.2) is 30.3 Å². The van der Waals surface area contributed by atoms with Crippen LogP contribution in [-0.4, -0.2) is 35.1 Å². The quantitative estimate of drug-likeness (QED) is 0.854. The zero-order chi connectivity index (χ0) is 13.8. The lowest BCUT2D eigenvalue weighted by molar-refractivity contribution is -0.134. The van der Waals surface area contributed by atoms with Crippen LogP contribution in [0.25, 0.3) is 0 Å². The largest absolute Gasteiger partial charge is 0.396 e. The number of rotatable bonds is 6. The fourth-order valence-corrected chi connectivity index (χ4v) is 2.61. The molecule has 3 nitrogen and oxygen atoms in total. The highest BCUT2D eigenvalue weighted by Gasteiger charge is 2.45. The van der Waals surface area contributed by atoms with Gasteiger partial charge in [0.25, 0.3) is 0 Å². The number of carbonyl (C=O) groups is 1. The summed E-state index contributed by atoms with van der Waals surface area (Å²) in [6, 6.07) is 10.5. The average Bonchev–Trinajstić information content (AvgIpc) is 3.20. The van der Waals surface area contributed by atoms with Gasteiger partial charge in [0.2, 0.25) is 5.91 Å². The number of amides is 1. The summed E-state index contributed by atoms with van der Waals surface area (Å²) in [4.78, 5) is 14.4. The number of hydrogen-bond donors (Lipinski definition) is 1. The fraction of sp³-hybridized carbons (Fsp3) is 0.562. The summed E-state index contributed by atoms with van der Waals surface area (Å²) in [5, 5.41) is 8.92. The third-order valence-electron chi connectivity index (χ3n) is 3.80. The second kappa shape index (κ2) is 6.20. The number of benzene rings is 1. The molecule has 0 aliphatic heterocycles. The first-order valence-corrected chi connectivity index (χ1v) is 7.11. The maximum atomic E-state index is 12.5. The fourth-order valence-electron chi connectivity index (χ4n) is 2.61. The van der Waals surface area contributed by atoms with E-state index in [1.807, 2.05) is 36.9 Å². The van der Waals surface area contributed by atoms with Crippen molar-refractivity contribution < 1.29 is 9.90 Å². The molecule has 0 radical (unpaired) electrons. The van der Waals surface area contributed by atoms with Crippen molar-refractivity contribution in [1.82, 2.24) is 4.90 Å². The van der Waals surface area contributed by atoms with Gasteiger partial charge in [0.05, 0.1) is 0 Å². The van der Waals surface area contributed by atoms with E-state index >= 15 is 0 Å². The summed E-state index contributed by atoms with van der Waals surface area (Å²) >= 11 is 0. The third-order valence-corrected chi connectivity index (χ3v) is 3.80. The van der Waals surface area contributed by atoms with Crippen LogP contribution in [0.4, 0.5) is 0 Å². The maximum Gasteiger partial charge on any atom is 0.226 e. The molecule has 1 aromatic rings. The summed E-state index contributed by atoms with van der Waals surface area (Å²) in [5.41, 5.74) is 1.27. The van der Waals surface area contributed by atoms with E-state index in [2.05, 4.69) is 12.1 Å². The third kappa shape index (κ3) is 3.35. The van der Waals surface area contributed by atoms with E-state index in [1.54, 1.807) is 0 Å². The van der Waals surface area contributed by atoms with Crippen molar-refractivity contribution in [1.29, 1.82) is 0 Å². The van der Waals surface area contributed by atoms with Gasteiger partial charge in [-0.05, 0) is 38.2 Å². The van der Waals surface area contributed by atoms with Crippen molar-refractivity contribution in [2.75, 3.05) is 13.2 Å². The Labute approximate surface area is 115 Å². The van der Waals surface area contributed by atoms with Crippen molar-refractivity contribution in [2.45, 2.75) is 38.6 Å². The topological polar surface area (TPSA) is 40.5 Å². The first kappa shape index (κ1) is 14.1. The van der Waals surface area contributed by atoms with Crippen molar-refractivity contribution in [2.24, 2.45) is 5.92 Å². The Balaban J connectivity index is 1.97. The van der Waals surface area contributed by atoms with Crippen LogP contribution >= 0.6 is 0 Å². The Bertz CT molecular complexity index is 416. The Morgan fingerprint density at radius 2 is 2.05 bits per heavy atom. The molecule has 104 valence electrons. The molecule has 1 N–H and O–H groups in total. The first-order valence-electron chi connectivity index (χ1n) is 7.11. The lowest BCUT2D eigenvalue weighted by atomic mass is 10.1. The Morgan fingerprint density at radius 3 is 2.63 bits per heavy atom. The van der Waals surface area contributed by atoms with Crippen molar-refractivity contribution in [3.05, 3.63) is 35.9 Å². The highest BCUT2D eigenvalue weighted by atomic mass is 16.3. The molecule has 1 amide bonds. The number of hydrogen-bond acceptors (Lipinski definition) is 2. The van der Waals surface area contributed by atoms with Gasteiger partial charge in [-0.2, -0.15) is 0 Å². The summed E-state index contributed by atoms with van der Waals surface area (Å²) < 4.78 is 0. The molecule has 1 aliphatic carbocycles. The van der Waals surface area contributed by atoms with Crippen molar-refractivity contribution in [3.8, 4) is 0 Å². The molecule has 0 saturated heterocycles. The molecule has 3 heteroatoms. The summed E-state index contributed by atoms with van der Waals surface area (Å²) in [7, 11) is 0. The van der Waals surface area contributed by atoms with Gasteiger partial charge in [-0.15, -0.1) is 0 Å². The minimum absolute atomic E-state index is 0.142. The van der Waals surface area contributed by atoms with Gasteiger partial charge in [-0.3, -0.25) is 4.79 Å². The second-order valence-electron chi connectivity index (χ2n) is 5.56. The zero-order valence-corrected chi connectivity index (χ0v) is 11.7. The van der Waals surface area contributed by atoms with E-state index in [9.17, 15) is 4.79 Å². The summed E-state index contributed by atoms with van der Waals surface area (Å²) in [5.74, 6) is 0.782. The lowest BCUT2D eigenvalue weighted by Crippen LogP contribution is -2.39. The molecule has 1 aliphatic rings. The van der Waals surface area contributed by atoms with E-state index < -0.39 is 0 Å². The summed E-state index contributed by atoms with van der Waals surface area (Å²) in [6.45, 7) is 4.87. The molecule has 2 unspecified atom stereocenters. The van der Waals surface area contributed by atoms with Crippen LogP contribution in [0.3, 0.4) is 0 Å². The van der Waals surface area contributed by atoms with Gasteiger partial charge in [0.15, 0.2) is 0 Å². The van der Waals surface area contributed by atoms with Crippen LogP contribution in [0.5, 0.6) is 0 Å². The van der Waals surface area contributed by atoms with Gasteiger partial charge in [-0.1, -0.05) is 30.3 Å². The average molecular weight is 261 g/mol. The molecule has 0 spiro atoms. The van der Waals surface area contributed by atoms with Crippen LogP contribution < -0.4 is 0 Å². The van der Waals surface area contributed by atoms with E-state index in [0.29, 0.717) is 18.9 Å². The van der Waals surface area contributed by atoms with E-state index in [4.69, 9.17) is 5.11 Å². The highest BCUT2D eigenvalue weighted by molar-refractivity contribution is 5.83. The highest BCUT2D eigenvalue weighted by Crippen LogP contribution is 2.48. The number of nitrogens with zero attached hydrogens (tertiary/aromatic N) is 1.